The van der Waals surface area contributed by atoms with Crippen LogP contribution in [-0.4, -0.2) is 69.1 Å². The third-order valence-corrected chi connectivity index (χ3v) is 5.19. The average molecular weight is 340 g/mol. The number of likely N-dealkylation sites (tertiary alicyclic amines) is 1. The molecule has 0 N–H and O–H groups in total. The predicted octanol–water partition coefficient (Wildman–Crippen LogP) is -0.0200. The number of pyridine rings is 1. The second kappa shape index (κ2) is 6.09. The molecule has 2 aliphatic heterocycles. The lowest BCUT2D eigenvalue weighted by Crippen LogP contribution is -2.39. The summed E-state index contributed by atoms with van der Waals surface area (Å²) in [5.74, 6) is 0.0545. The van der Waals surface area contributed by atoms with Crippen LogP contribution in [0, 0.1) is 11.3 Å². The van der Waals surface area contributed by atoms with E-state index in [1.165, 1.54) is 0 Å². The molecule has 2 saturated heterocycles. The molecule has 0 aromatic carbocycles. The van der Waals surface area contributed by atoms with Gasteiger partial charge in [0, 0.05) is 31.5 Å². The molecule has 0 spiro atoms. The third-order valence-electron chi connectivity index (χ3n) is 4.42. The second-order valence-electron chi connectivity index (χ2n) is 6.40. The fraction of sp³-hybridized carbons (Fsp3) is 0.600. The first-order valence-electron chi connectivity index (χ1n) is 7.44. The molecule has 2 atom stereocenters. The van der Waals surface area contributed by atoms with Crippen LogP contribution in [0.2, 0.25) is 0 Å². The number of fused-ring (bicyclic) bond motifs is 1. The van der Waals surface area contributed by atoms with Gasteiger partial charge in [-0.1, -0.05) is 0 Å². The molecule has 23 heavy (non-hydrogen) atoms. The Balaban J connectivity index is 1.67. The van der Waals surface area contributed by atoms with Crippen molar-refractivity contribution in [3.05, 3.63) is 24.5 Å². The molecule has 3 heterocycles. The van der Waals surface area contributed by atoms with Gasteiger partial charge in [0.1, 0.15) is 11.5 Å². The summed E-state index contributed by atoms with van der Waals surface area (Å²) in [6.07, 6.45) is 4.39. The van der Waals surface area contributed by atoms with Crippen molar-refractivity contribution in [3.8, 4) is 5.75 Å². The normalized spacial score (nSPS) is 27.0. The molecule has 0 unspecified atom stereocenters. The van der Waals surface area contributed by atoms with E-state index in [9.17, 15) is 13.2 Å². The molecule has 0 radical (unpaired) electrons. The Labute approximate surface area is 135 Å². The number of hydrogen-bond acceptors (Lipinski definition) is 6. The molecule has 0 bridgehead atoms. The molecule has 1 aromatic heterocycles. The molecular formula is C15H20N2O5S. The Kier molecular flexibility index (Phi) is 4.29. The van der Waals surface area contributed by atoms with Crippen LogP contribution in [0.25, 0.3) is 0 Å². The lowest BCUT2D eigenvalue weighted by atomic mass is 9.82. The van der Waals surface area contributed by atoms with Crippen LogP contribution in [0.4, 0.5) is 0 Å². The number of amides is 1. The highest BCUT2D eigenvalue weighted by Crippen LogP contribution is 2.41. The molecule has 3 rings (SSSR count). The Bertz CT molecular complexity index is 678. The van der Waals surface area contributed by atoms with Crippen molar-refractivity contribution in [2.75, 3.05) is 44.9 Å². The van der Waals surface area contributed by atoms with Crippen LogP contribution in [-0.2, 0) is 19.4 Å². The molecule has 1 aromatic rings. The van der Waals surface area contributed by atoms with Crippen LogP contribution in [0.15, 0.2) is 24.5 Å². The summed E-state index contributed by atoms with van der Waals surface area (Å²) in [5, 5.41) is 0. The van der Waals surface area contributed by atoms with Crippen LogP contribution < -0.4 is 4.74 Å². The second-order valence-corrected chi connectivity index (χ2v) is 8.54. The van der Waals surface area contributed by atoms with Crippen molar-refractivity contribution in [2.24, 2.45) is 11.3 Å². The number of hydrogen-bond donors (Lipinski definition) is 0. The largest absolute Gasteiger partial charge is 0.491 e. The van der Waals surface area contributed by atoms with Crippen molar-refractivity contribution in [2.45, 2.75) is 0 Å². The standard InChI is InChI=1S/C15H20N2O5S/c1-23(19,20)8-14(18)17-6-12-7-21-10-15(12,9-17)11-22-13-3-2-4-16-5-13/h2-5,12H,6-11H2,1H3/t12-,15+/m0/s1. The van der Waals surface area contributed by atoms with E-state index >= 15 is 0 Å². The van der Waals surface area contributed by atoms with E-state index in [0.29, 0.717) is 38.7 Å². The van der Waals surface area contributed by atoms with E-state index in [1.54, 1.807) is 23.4 Å². The summed E-state index contributed by atoms with van der Waals surface area (Å²) in [5.41, 5.74) is -0.275. The molecule has 126 valence electrons. The zero-order chi connectivity index (χ0) is 16.5. The summed E-state index contributed by atoms with van der Waals surface area (Å²) >= 11 is 0. The Hall–Kier alpha value is -1.67. The lowest BCUT2D eigenvalue weighted by Gasteiger charge is -2.27. The molecule has 2 aliphatic rings. The fourth-order valence-electron chi connectivity index (χ4n) is 3.20. The van der Waals surface area contributed by atoms with Gasteiger partial charge in [0.05, 0.1) is 31.4 Å². The topological polar surface area (TPSA) is 85.8 Å². The smallest absolute Gasteiger partial charge is 0.237 e. The first kappa shape index (κ1) is 16.2. The summed E-state index contributed by atoms with van der Waals surface area (Å²) in [6.45, 7) is 2.49. The quantitative estimate of drug-likeness (QED) is 0.749. The maximum absolute atomic E-state index is 12.2. The molecule has 1 amide bonds. The minimum Gasteiger partial charge on any atom is -0.491 e. The molecule has 0 aliphatic carbocycles. The highest BCUT2D eigenvalue weighted by molar-refractivity contribution is 7.91. The summed E-state index contributed by atoms with van der Waals surface area (Å²) < 4.78 is 34.1. The number of sulfone groups is 1. The number of nitrogens with zero attached hydrogens (tertiary/aromatic N) is 2. The van der Waals surface area contributed by atoms with E-state index in [1.807, 2.05) is 6.07 Å². The first-order valence-corrected chi connectivity index (χ1v) is 9.50. The highest BCUT2D eigenvalue weighted by atomic mass is 32.2. The number of carbonyl (C=O) groups is 1. The number of rotatable bonds is 5. The first-order chi connectivity index (χ1) is 10.9. The van der Waals surface area contributed by atoms with Gasteiger partial charge in [0.2, 0.25) is 5.91 Å². The average Bonchev–Trinajstić information content (AvgIpc) is 3.01. The monoisotopic (exact) mass is 340 g/mol. The van der Waals surface area contributed by atoms with Crippen molar-refractivity contribution in [1.29, 1.82) is 0 Å². The number of carbonyl (C=O) groups excluding carboxylic acids is 1. The van der Waals surface area contributed by atoms with Gasteiger partial charge in [-0.15, -0.1) is 0 Å². The summed E-state index contributed by atoms with van der Waals surface area (Å²) in [4.78, 5) is 17.8. The minimum absolute atomic E-state index is 0.169. The van der Waals surface area contributed by atoms with Gasteiger partial charge in [-0.2, -0.15) is 0 Å². The molecular weight excluding hydrogens is 320 g/mol. The summed E-state index contributed by atoms with van der Waals surface area (Å²) in [6, 6.07) is 3.63. The van der Waals surface area contributed by atoms with E-state index in [4.69, 9.17) is 9.47 Å². The molecule has 0 saturated carbocycles. The van der Waals surface area contributed by atoms with Gasteiger partial charge >= 0.3 is 0 Å². The van der Waals surface area contributed by atoms with Crippen LogP contribution >= 0.6 is 0 Å². The summed E-state index contributed by atoms with van der Waals surface area (Å²) in [7, 11) is -3.32. The predicted molar refractivity (Wildman–Crippen MR) is 82.8 cm³/mol. The Morgan fingerprint density at radius 3 is 3.09 bits per heavy atom. The Morgan fingerprint density at radius 1 is 1.57 bits per heavy atom. The zero-order valence-electron chi connectivity index (χ0n) is 13.0. The fourth-order valence-corrected chi connectivity index (χ4v) is 3.83. The minimum atomic E-state index is -3.32. The SMILES string of the molecule is CS(=O)(=O)CC(=O)N1C[C@H]2COC[C@@]2(COc2cccnc2)C1. The van der Waals surface area contributed by atoms with Gasteiger partial charge in [-0.05, 0) is 12.1 Å². The van der Waals surface area contributed by atoms with Gasteiger partial charge in [-0.3, -0.25) is 9.78 Å². The molecule has 2 fully saturated rings. The van der Waals surface area contributed by atoms with Crippen LogP contribution in [0.3, 0.4) is 0 Å². The number of ether oxygens (including phenoxy) is 2. The van der Waals surface area contributed by atoms with Gasteiger partial charge in [-0.25, -0.2) is 8.42 Å². The van der Waals surface area contributed by atoms with Crippen molar-refractivity contribution in [3.63, 3.8) is 0 Å². The molecule has 7 nitrogen and oxygen atoms in total. The van der Waals surface area contributed by atoms with Gasteiger partial charge in [0.25, 0.3) is 0 Å². The van der Waals surface area contributed by atoms with E-state index in [0.717, 1.165) is 6.26 Å². The zero-order valence-corrected chi connectivity index (χ0v) is 13.8. The van der Waals surface area contributed by atoms with Crippen LogP contribution in [0.1, 0.15) is 0 Å². The van der Waals surface area contributed by atoms with E-state index < -0.39 is 15.6 Å². The van der Waals surface area contributed by atoms with Crippen molar-refractivity contribution in [1.82, 2.24) is 9.88 Å². The Morgan fingerprint density at radius 2 is 2.39 bits per heavy atom. The van der Waals surface area contributed by atoms with Crippen molar-refractivity contribution < 1.29 is 22.7 Å². The van der Waals surface area contributed by atoms with Crippen LogP contribution in [0.5, 0.6) is 5.75 Å². The van der Waals surface area contributed by atoms with E-state index in [2.05, 4.69) is 4.98 Å². The molecule has 8 heteroatoms. The van der Waals surface area contributed by atoms with Crippen molar-refractivity contribution >= 4 is 15.7 Å². The number of aromatic nitrogens is 1. The lowest BCUT2D eigenvalue weighted by molar-refractivity contribution is -0.128. The highest BCUT2D eigenvalue weighted by Gasteiger charge is 2.52. The maximum Gasteiger partial charge on any atom is 0.237 e. The van der Waals surface area contributed by atoms with E-state index in [-0.39, 0.29) is 17.2 Å². The van der Waals surface area contributed by atoms with Gasteiger partial charge in [0.15, 0.2) is 9.84 Å². The maximum atomic E-state index is 12.2. The van der Waals surface area contributed by atoms with Gasteiger partial charge < -0.3 is 14.4 Å². The third kappa shape index (κ3) is 3.64.